The average Bonchev–Trinajstić information content (AvgIpc) is 3.14. The molecule has 9 heteroatoms. The van der Waals surface area contributed by atoms with Gasteiger partial charge in [-0.2, -0.15) is 0 Å². The van der Waals surface area contributed by atoms with Gasteiger partial charge in [-0.3, -0.25) is 9.59 Å². The van der Waals surface area contributed by atoms with Gasteiger partial charge in [0.25, 0.3) is 0 Å². The second kappa shape index (κ2) is 8.07. The second-order valence-corrected chi connectivity index (χ2v) is 6.16. The molecule has 0 aliphatic carbocycles. The van der Waals surface area contributed by atoms with E-state index in [1.807, 2.05) is 0 Å². The zero-order valence-electron chi connectivity index (χ0n) is 13.4. The van der Waals surface area contributed by atoms with Crippen LogP contribution in [0.25, 0.3) is 0 Å². The van der Waals surface area contributed by atoms with Gasteiger partial charge in [0.05, 0.1) is 6.10 Å². The summed E-state index contributed by atoms with van der Waals surface area (Å²) in [5, 5.41) is 15.4. The van der Waals surface area contributed by atoms with Crippen molar-refractivity contribution in [3.8, 4) is 0 Å². The van der Waals surface area contributed by atoms with E-state index in [0.29, 0.717) is 26.1 Å². The molecule has 2 heterocycles. The summed E-state index contributed by atoms with van der Waals surface area (Å²) in [5.74, 6) is -3.76. The lowest BCUT2D eigenvalue weighted by molar-refractivity contribution is -0.132. The third kappa shape index (κ3) is 4.08. The quantitative estimate of drug-likeness (QED) is 0.667. The number of β-amino-alcohol motifs (C(OH)–C–C–N with tert-alkyl or cyclic N) is 1. The maximum atomic E-state index is 13.3. The van der Waals surface area contributed by atoms with E-state index in [0.717, 1.165) is 12.1 Å². The Morgan fingerprint density at radius 1 is 1.32 bits per heavy atom. The number of carbonyl (C=O) groups is 2. The van der Waals surface area contributed by atoms with Gasteiger partial charge in [-0.15, -0.1) is 12.4 Å². The van der Waals surface area contributed by atoms with E-state index in [1.165, 1.54) is 11.0 Å². The maximum absolute atomic E-state index is 13.3. The molecule has 2 saturated heterocycles. The first kappa shape index (κ1) is 19.6. The van der Waals surface area contributed by atoms with Crippen molar-refractivity contribution in [2.75, 3.05) is 31.1 Å². The average molecular weight is 376 g/mol. The van der Waals surface area contributed by atoms with E-state index in [1.54, 1.807) is 0 Å². The van der Waals surface area contributed by atoms with Gasteiger partial charge in [-0.1, -0.05) is 0 Å². The highest BCUT2D eigenvalue weighted by Crippen LogP contribution is 2.26. The Morgan fingerprint density at radius 2 is 2.08 bits per heavy atom. The van der Waals surface area contributed by atoms with Gasteiger partial charge in [0.1, 0.15) is 5.92 Å². The van der Waals surface area contributed by atoms with Crippen molar-refractivity contribution in [2.45, 2.75) is 12.5 Å². The van der Waals surface area contributed by atoms with Gasteiger partial charge < -0.3 is 20.6 Å². The fourth-order valence-electron chi connectivity index (χ4n) is 3.11. The molecule has 1 aromatic rings. The molecule has 6 nitrogen and oxygen atoms in total. The number of benzene rings is 1. The van der Waals surface area contributed by atoms with Gasteiger partial charge in [0.2, 0.25) is 11.8 Å². The van der Waals surface area contributed by atoms with Crippen molar-refractivity contribution in [1.82, 2.24) is 10.6 Å². The topological polar surface area (TPSA) is 81.7 Å². The monoisotopic (exact) mass is 375 g/mol. The first-order valence-corrected chi connectivity index (χ1v) is 7.90. The molecule has 0 aromatic heterocycles. The number of aliphatic hydroxyl groups is 1. The number of amides is 2. The fourth-order valence-corrected chi connectivity index (χ4v) is 3.11. The first-order chi connectivity index (χ1) is 11.5. The summed E-state index contributed by atoms with van der Waals surface area (Å²) in [6.45, 7) is 1.67. The van der Waals surface area contributed by atoms with Gasteiger partial charge in [-0.25, -0.2) is 8.78 Å². The highest BCUT2D eigenvalue weighted by molar-refractivity contribution is 6.09. The van der Waals surface area contributed by atoms with Crippen molar-refractivity contribution in [2.24, 2.45) is 11.8 Å². The summed E-state index contributed by atoms with van der Waals surface area (Å²) < 4.78 is 26.3. The van der Waals surface area contributed by atoms with Crippen LogP contribution in [0.3, 0.4) is 0 Å². The van der Waals surface area contributed by atoms with Crippen LogP contribution in [0.1, 0.15) is 6.42 Å². The molecule has 0 saturated carbocycles. The second-order valence-electron chi connectivity index (χ2n) is 6.16. The lowest BCUT2D eigenvalue weighted by atomic mass is 10.0. The van der Waals surface area contributed by atoms with E-state index in [2.05, 4.69) is 10.6 Å². The number of halogens is 3. The lowest BCUT2D eigenvalue weighted by Gasteiger charge is -2.18. The van der Waals surface area contributed by atoms with Crippen LogP contribution in [0.15, 0.2) is 18.2 Å². The molecule has 0 radical (unpaired) electrons. The Hall–Kier alpha value is -1.77. The molecule has 2 fully saturated rings. The van der Waals surface area contributed by atoms with Crippen molar-refractivity contribution in [3.05, 3.63) is 29.8 Å². The summed E-state index contributed by atoms with van der Waals surface area (Å²) in [6.07, 6.45) is -0.196. The summed E-state index contributed by atoms with van der Waals surface area (Å²) in [5.41, 5.74) is 0.240. The largest absolute Gasteiger partial charge is 0.391 e. The Bertz CT molecular complexity index is 662. The number of carbonyl (C=O) groups excluding carboxylic acids is 2. The van der Waals surface area contributed by atoms with Crippen molar-refractivity contribution in [1.29, 1.82) is 0 Å². The summed E-state index contributed by atoms with van der Waals surface area (Å²) >= 11 is 0. The SMILES string of the molecule is Cl.O=C(NCC1CNCC1O)C1CCN(c2ccc(F)c(F)c2)C1=O. The van der Waals surface area contributed by atoms with Gasteiger partial charge >= 0.3 is 0 Å². The van der Waals surface area contributed by atoms with Crippen LogP contribution in [0.4, 0.5) is 14.5 Å². The Morgan fingerprint density at radius 3 is 2.72 bits per heavy atom. The molecule has 1 aromatic carbocycles. The zero-order valence-corrected chi connectivity index (χ0v) is 14.2. The molecule has 2 aliphatic heterocycles. The highest BCUT2D eigenvalue weighted by Gasteiger charge is 2.38. The van der Waals surface area contributed by atoms with Crippen LogP contribution in [0.5, 0.6) is 0 Å². The zero-order chi connectivity index (χ0) is 17.3. The number of nitrogens with one attached hydrogen (secondary N) is 2. The van der Waals surface area contributed by atoms with Crippen LogP contribution in [0, 0.1) is 23.5 Å². The Balaban J connectivity index is 0.00000225. The molecule has 2 aliphatic rings. The van der Waals surface area contributed by atoms with Crippen LogP contribution in [0.2, 0.25) is 0 Å². The third-order valence-corrected chi connectivity index (χ3v) is 4.58. The summed E-state index contributed by atoms with van der Waals surface area (Å²) in [6, 6.07) is 3.23. The van der Waals surface area contributed by atoms with Crippen LogP contribution < -0.4 is 15.5 Å². The molecule has 3 unspecified atom stereocenters. The predicted molar refractivity (Wildman–Crippen MR) is 89.4 cm³/mol. The molecule has 3 atom stereocenters. The van der Waals surface area contributed by atoms with Crippen LogP contribution in [-0.4, -0.2) is 49.2 Å². The highest BCUT2D eigenvalue weighted by atomic mass is 35.5. The molecule has 0 bridgehead atoms. The lowest BCUT2D eigenvalue weighted by Crippen LogP contribution is -2.40. The number of anilines is 1. The molecule has 2 amide bonds. The van der Waals surface area contributed by atoms with E-state index in [4.69, 9.17) is 0 Å². The smallest absolute Gasteiger partial charge is 0.239 e. The minimum atomic E-state index is -1.03. The number of hydrogen-bond donors (Lipinski definition) is 3. The Kier molecular flexibility index (Phi) is 6.31. The van der Waals surface area contributed by atoms with Crippen molar-refractivity contribution < 1.29 is 23.5 Å². The van der Waals surface area contributed by atoms with Crippen molar-refractivity contribution in [3.63, 3.8) is 0 Å². The number of rotatable bonds is 4. The molecule has 25 heavy (non-hydrogen) atoms. The number of aliphatic hydroxyl groups excluding tert-OH is 1. The minimum Gasteiger partial charge on any atom is -0.391 e. The molecular weight excluding hydrogens is 356 g/mol. The minimum absolute atomic E-state index is 0. The van der Waals surface area contributed by atoms with E-state index in [9.17, 15) is 23.5 Å². The van der Waals surface area contributed by atoms with Gasteiger partial charge in [0.15, 0.2) is 11.6 Å². The molecule has 0 spiro atoms. The predicted octanol–water partition coefficient (Wildman–Crippen LogP) is 0.436. The Labute approximate surface area is 150 Å². The standard InChI is InChI=1S/C16H19F2N3O3.ClH/c17-12-2-1-10(5-13(12)18)21-4-3-11(16(21)24)15(23)20-7-9-6-19-8-14(9)22;/h1-2,5,9,11,14,19,22H,3-4,6-8H2,(H,20,23);1H. The summed E-state index contributed by atoms with van der Waals surface area (Å²) in [4.78, 5) is 25.9. The fraction of sp³-hybridized carbons (Fsp3) is 0.500. The van der Waals surface area contributed by atoms with E-state index < -0.39 is 35.5 Å². The molecule has 3 N–H and O–H groups in total. The number of nitrogens with zero attached hydrogens (tertiary/aromatic N) is 1. The third-order valence-electron chi connectivity index (χ3n) is 4.58. The van der Waals surface area contributed by atoms with Crippen molar-refractivity contribution >= 4 is 29.9 Å². The first-order valence-electron chi connectivity index (χ1n) is 7.90. The summed E-state index contributed by atoms with van der Waals surface area (Å²) in [7, 11) is 0. The van der Waals surface area contributed by atoms with Gasteiger partial charge in [-0.05, 0) is 18.6 Å². The van der Waals surface area contributed by atoms with Crippen LogP contribution in [-0.2, 0) is 9.59 Å². The van der Waals surface area contributed by atoms with E-state index in [-0.39, 0.29) is 30.6 Å². The number of hydrogen-bond acceptors (Lipinski definition) is 4. The van der Waals surface area contributed by atoms with Gasteiger partial charge in [0, 0.05) is 43.9 Å². The molecular formula is C16H20ClF2N3O3. The molecule has 3 rings (SSSR count). The van der Waals surface area contributed by atoms with Crippen LogP contribution >= 0.6 is 12.4 Å². The molecule has 138 valence electrons. The normalized spacial score (nSPS) is 25.8. The maximum Gasteiger partial charge on any atom is 0.239 e. The van der Waals surface area contributed by atoms with E-state index >= 15 is 0 Å².